The highest BCUT2D eigenvalue weighted by molar-refractivity contribution is 6.12. The average molecular weight is 433 g/mol. The normalized spacial score (nSPS) is 20.2. The number of hydrogen-bond acceptors (Lipinski definition) is 5. The summed E-state index contributed by atoms with van der Waals surface area (Å²) in [6.45, 7) is 1.34. The summed E-state index contributed by atoms with van der Waals surface area (Å²) in [5.74, 6) is 2.05. The molecule has 6 nitrogen and oxygen atoms in total. The van der Waals surface area contributed by atoms with Crippen LogP contribution in [0, 0.1) is 5.82 Å². The lowest BCUT2D eigenvalue weighted by Crippen LogP contribution is -2.41. The van der Waals surface area contributed by atoms with Gasteiger partial charge in [0.2, 0.25) is 5.91 Å². The predicted octanol–water partition coefficient (Wildman–Crippen LogP) is 3.83. The predicted molar refractivity (Wildman–Crippen MR) is 114 cm³/mol. The van der Waals surface area contributed by atoms with Gasteiger partial charge in [0.25, 0.3) is 0 Å². The van der Waals surface area contributed by atoms with E-state index in [0.717, 1.165) is 22.4 Å². The first kappa shape index (κ1) is 19.0. The zero-order valence-corrected chi connectivity index (χ0v) is 17.4. The lowest BCUT2D eigenvalue weighted by Gasteiger charge is -2.25. The molecule has 3 heterocycles. The van der Waals surface area contributed by atoms with Gasteiger partial charge in [0, 0.05) is 24.2 Å². The Bertz CT molecular complexity index is 1240. The molecule has 1 atom stereocenters. The minimum atomic E-state index is -1.03. The molecule has 3 aromatic carbocycles. The van der Waals surface area contributed by atoms with E-state index in [1.807, 2.05) is 24.3 Å². The molecule has 0 saturated carbocycles. The molecule has 0 radical (unpaired) electrons. The van der Waals surface area contributed by atoms with Crippen LogP contribution in [0.25, 0.3) is 0 Å². The topological polar surface area (TPSA) is 57.2 Å². The SMILES string of the molecule is CN1C(=O)C2(COc3cc4c(cc32)OCCO4)c2c(OCc3ccc(F)cc3)cccc21. The first-order valence-corrected chi connectivity index (χ1v) is 10.4. The number of anilines is 1. The second-order valence-electron chi connectivity index (χ2n) is 8.12. The average Bonchev–Trinajstić information content (AvgIpc) is 3.29. The molecule has 0 N–H and O–H groups in total. The van der Waals surface area contributed by atoms with Gasteiger partial charge in [-0.2, -0.15) is 0 Å². The van der Waals surface area contributed by atoms with Crippen LogP contribution in [0.2, 0.25) is 0 Å². The fourth-order valence-corrected chi connectivity index (χ4v) is 4.76. The molecule has 7 heteroatoms. The number of carbonyl (C=O) groups excluding carboxylic acids is 1. The van der Waals surface area contributed by atoms with Gasteiger partial charge in [-0.25, -0.2) is 4.39 Å². The van der Waals surface area contributed by atoms with Crippen LogP contribution in [-0.4, -0.2) is 32.8 Å². The van der Waals surface area contributed by atoms with E-state index >= 15 is 0 Å². The Kier molecular flexibility index (Phi) is 4.08. The molecule has 6 rings (SSSR count). The van der Waals surface area contributed by atoms with Crippen LogP contribution >= 0.6 is 0 Å². The van der Waals surface area contributed by atoms with Crippen LogP contribution in [0.4, 0.5) is 10.1 Å². The fraction of sp³-hybridized carbons (Fsp3) is 0.240. The Labute approximate surface area is 184 Å². The number of likely N-dealkylation sites (N-methyl/N-ethyl adjacent to an activating group) is 1. The molecule has 32 heavy (non-hydrogen) atoms. The highest BCUT2D eigenvalue weighted by Crippen LogP contribution is 2.56. The maximum absolute atomic E-state index is 13.7. The molecule has 0 fully saturated rings. The largest absolute Gasteiger partial charge is 0.491 e. The summed E-state index contributed by atoms with van der Waals surface area (Å²) in [4.78, 5) is 15.3. The number of ether oxygens (including phenoxy) is 4. The monoisotopic (exact) mass is 433 g/mol. The van der Waals surface area contributed by atoms with E-state index < -0.39 is 5.41 Å². The van der Waals surface area contributed by atoms with Crippen LogP contribution in [0.3, 0.4) is 0 Å². The van der Waals surface area contributed by atoms with Gasteiger partial charge in [-0.15, -0.1) is 0 Å². The number of halogens is 1. The summed E-state index contributed by atoms with van der Waals surface area (Å²) >= 11 is 0. The van der Waals surface area contributed by atoms with Crippen molar-refractivity contribution in [2.24, 2.45) is 0 Å². The smallest absolute Gasteiger partial charge is 0.245 e. The van der Waals surface area contributed by atoms with Crippen molar-refractivity contribution in [3.8, 4) is 23.0 Å². The zero-order chi connectivity index (χ0) is 21.9. The maximum atomic E-state index is 13.7. The van der Waals surface area contributed by atoms with Crippen molar-refractivity contribution in [3.05, 3.63) is 77.1 Å². The third-order valence-corrected chi connectivity index (χ3v) is 6.32. The fourth-order valence-electron chi connectivity index (χ4n) is 4.76. The Balaban J connectivity index is 1.46. The van der Waals surface area contributed by atoms with Crippen molar-refractivity contribution in [2.45, 2.75) is 12.0 Å². The number of amides is 1. The van der Waals surface area contributed by atoms with Gasteiger partial charge in [-0.05, 0) is 35.9 Å². The van der Waals surface area contributed by atoms with E-state index in [9.17, 15) is 9.18 Å². The van der Waals surface area contributed by atoms with Gasteiger partial charge in [-0.3, -0.25) is 4.79 Å². The third kappa shape index (κ3) is 2.60. The molecular formula is C25H20FNO5. The van der Waals surface area contributed by atoms with Gasteiger partial charge < -0.3 is 23.8 Å². The standard InChI is InChI=1S/C25H20FNO5/c1-27-18-3-2-4-19(31-13-15-5-7-16(26)8-6-15)23(18)25(24(27)28)14-32-20-12-22-21(11-17(20)25)29-9-10-30-22/h2-8,11-12H,9-10,13-14H2,1H3. The van der Waals surface area contributed by atoms with Gasteiger partial charge in [0.1, 0.15) is 49.2 Å². The molecule has 0 aliphatic carbocycles. The van der Waals surface area contributed by atoms with Gasteiger partial charge >= 0.3 is 0 Å². The number of nitrogens with zero attached hydrogens (tertiary/aromatic N) is 1. The Morgan fingerprint density at radius 2 is 1.75 bits per heavy atom. The number of rotatable bonds is 3. The molecule has 3 aromatic rings. The first-order valence-electron chi connectivity index (χ1n) is 10.4. The summed E-state index contributed by atoms with van der Waals surface area (Å²) in [6, 6.07) is 15.4. The maximum Gasteiger partial charge on any atom is 0.245 e. The Morgan fingerprint density at radius 1 is 1.00 bits per heavy atom. The van der Waals surface area contributed by atoms with Gasteiger partial charge in [0.15, 0.2) is 11.5 Å². The molecule has 0 saturated heterocycles. The van der Waals surface area contributed by atoms with Crippen LogP contribution in [0.15, 0.2) is 54.6 Å². The highest BCUT2D eigenvalue weighted by Gasteiger charge is 2.58. The quantitative estimate of drug-likeness (QED) is 0.629. The summed E-state index contributed by atoms with van der Waals surface area (Å²) in [7, 11) is 1.76. The molecule has 0 bridgehead atoms. The van der Waals surface area contributed by atoms with Crippen molar-refractivity contribution in [1.82, 2.24) is 0 Å². The van der Waals surface area contributed by atoms with Gasteiger partial charge in [0.05, 0.1) is 5.69 Å². The van der Waals surface area contributed by atoms with Crippen LogP contribution in [0.5, 0.6) is 23.0 Å². The molecule has 1 spiro atoms. The number of fused-ring (bicyclic) bond motifs is 5. The minimum absolute atomic E-state index is 0.0826. The minimum Gasteiger partial charge on any atom is -0.491 e. The van der Waals surface area contributed by atoms with E-state index in [-0.39, 0.29) is 24.9 Å². The molecule has 1 amide bonds. The van der Waals surface area contributed by atoms with Crippen molar-refractivity contribution in [1.29, 1.82) is 0 Å². The molecule has 0 aromatic heterocycles. The van der Waals surface area contributed by atoms with E-state index in [4.69, 9.17) is 18.9 Å². The molecule has 3 aliphatic rings. The zero-order valence-electron chi connectivity index (χ0n) is 17.4. The van der Waals surface area contributed by atoms with E-state index in [1.54, 1.807) is 30.1 Å². The summed E-state index contributed by atoms with van der Waals surface area (Å²) in [6.07, 6.45) is 0. The lowest BCUT2D eigenvalue weighted by molar-refractivity contribution is -0.121. The van der Waals surface area contributed by atoms with E-state index in [2.05, 4.69) is 0 Å². The second-order valence-corrected chi connectivity index (χ2v) is 8.12. The summed E-state index contributed by atoms with van der Waals surface area (Å²) in [5.41, 5.74) is 2.09. The van der Waals surface area contributed by atoms with E-state index in [0.29, 0.717) is 36.2 Å². The molecule has 3 aliphatic heterocycles. The van der Waals surface area contributed by atoms with Crippen molar-refractivity contribution >= 4 is 11.6 Å². The molecular weight excluding hydrogens is 413 g/mol. The van der Waals surface area contributed by atoms with Gasteiger partial charge in [-0.1, -0.05) is 18.2 Å². The Morgan fingerprint density at radius 3 is 2.53 bits per heavy atom. The summed E-state index contributed by atoms with van der Waals surface area (Å²) < 4.78 is 36.9. The van der Waals surface area contributed by atoms with Crippen LogP contribution < -0.4 is 23.8 Å². The van der Waals surface area contributed by atoms with Crippen molar-refractivity contribution in [2.75, 3.05) is 31.8 Å². The third-order valence-electron chi connectivity index (χ3n) is 6.32. The number of benzene rings is 3. The molecule has 1 unspecified atom stereocenters. The summed E-state index contributed by atoms with van der Waals surface area (Å²) in [5, 5.41) is 0. The van der Waals surface area contributed by atoms with Crippen molar-refractivity contribution < 1.29 is 28.1 Å². The van der Waals surface area contributed by atoms with Crippen LogP contribution in [0.1, 0.15) is 16.7 Å². The highest BCUT2D eigenvalue weighted by atomic mass is 19.1. The molecule has 162 valence electrons. The lowest BCUT2D eigenvalue weighted by atomic mass is 9.76. The number of hydrogen-bond donors (Lipinski definition) is 0. The van der Waals surface area contributed by atoms with Crippen molar-refractivity contribution in [3.63, 3.8) is 0 Å². The Hall–Kier alpha value is -3.74. The van der Waals surface area contributed by atoms with Crippen LogP contribution in [-0.2, 0) is 16.8 Å². The van der Waals surface area contributed by atoms with E-state index in [1.165, 1.54) is 12.1 Å². The second kappa shape index (κ2) is 6.88. The first-order chi connectivity index (χ1) is 15.6. The number of carbonyl (C=O) groups is 1.